The largest absolute Gasteiger partial charge is 2.00 e. The van der Waals surface area contributed by atoms with Gasteiger partial charge in [-0.1, -0.05) is 0 Å². The maximum atomic E-state index is 7.25. The van der Waals surface area contributed by atoms with Crippen LogP contribution in [0.2, 0.25) is 0 Å². The second-order valence-electron chi connectivity index (χ2n) is 1.92. The zero-order valence-corrected chi connectivity index (χ0v) is 8.09. The first-order valence-electron chi connectivity index (χ1n) is 3.52. The van der Waals surface area contributed by atoms with Crippen LogP contribution in [-0.2, 0) is 17.1 Å². The topological polar surface area (TPSA) is 43.3 Å². The van der Waals surface area contributed by atoms with Crippen LogP contribution < -0.4 is 5.26 Å². The first-order chi connectivity index (χ1) is 6.00. The molecule has 3 heteroatoms. The normalized spacial score (nSPS) is 6.62. The third kappa shape index (κ3) is 11.1. The second-order valence-corrected chi connectivity index (χ2v) is 1.92. The molecule has 2 aromatic carbocycles. The van der Waals surface area contributed by atoms with Gasteiger partial charge < -0.3 is 10.5 Å². The van der Waals surface area contributed by atoms with Crippen molar-refractivity contribution >= 4 is 0 Å². The molecule has 0 amide bonds. The van der Waals surface area contributed by atoms with E-state index in [0.717, 1.165) is 0 Å². The summed E-state index contributed by atoms with van der Waals surface area (Å²) in [4.78, 5) is 0. The van der Waals surface area contributed by atoms with Crippen molar-refractivity contribution in [1.82, 2.24) is 0 Å². The van der Waals surface area contributed by atoms with Gasteiger partial charge in [-0.15, -0.1) is 0 Å². The Kier molecular flexibility index (Phi) is 15.5. The van der Waals surface area contributed by atoms with Crippen LogP contribution in [0.1, 0.15) is 0 Å². The molecule has 0 aromatic heterocycles. The predicted molar refractivity (Wildman–Crippen MR) is 46.7 cm³/mol. The molecule has 0 heterocycles. The van der Waals surface area contributed by atoms with Crippen molar-refractivity contribution in [2.24, 2.45) is 0 Å². The van der Waals surface area contributed by atoms with E-state index in [1.807, 2.05) is 60.7 Å². The number of hydrogen-bond donors (Lipinski definition) is 1. The zero-order chi connectivity index (χ0) is 9.07. The summed E-state index contributed by atoms with van der Waals surface area (Å²) in [5.74, 6) is 0. The molecule has 0 radical (unpaired) electrons. The van der Waals surface area contributed by atoms with E-state index in [2.05, 4.69) is 0 Å². The SMILES string of the molecule is [Fe+2].[O-]O.c1cc[cH-]c1.c1cc[cH-]c1. The Morgan fingerprint density at radius 3 is 1.00 bits per heavy atom. The van der Waals surface area contributed by atoms with Gasteiger partial charge in [0, 0.05) is 0 Å². The summed E-state index contributed by atoms with van der Waals surface area (Å²) < 4.78 is 0. The second kappa shape index (κ2) is 13.7. The van der Waals surface area contributed by atoms with Crippen molar-refractivity contribution in [2.75, 3.05) is 0 Å². The van der Waals surface area contributed by atoms with Crippen LogP contribution in [-0.4, -0.2) is 5.26 Å². The average molecular weight is 219 g/mol. The van der Waals surface area contributed by atoms with Crippen molar-refractivity contribution in [3.8, 4) is 0 Å². The summed E-state index contributed by atoms with van der Waals surface area (Å²) in [6.07, 6.45) is 0. The fraction of sp³-hybridized carbons (Fsp3) is 0. The summed E-state index contributed by atoms with van der Waals surface area (Å²) in [6, 6.07) is 20.0. The molecule has 0 atom stereocenters. The maximum absolute atomic E-state index is 7.25. The minimum atomic E-state index is 0. The molecular weight excluding hydrogens is 208 g/mol. The van der Waals surface area contributed by atoms with Crippen molar-refractivity contribution in [1.29, 1.82) is 0 Å². The van der Waals surface area contributed by atoms with E-state index in [4.69, 9.17) is 10.5 Å². The van der Waals surface area contributed by atoms with Gasteiger partial charge in [0.15, 0.2) is 0 Å². The molecule has 0 fully saturated rings. The van der Waals surface area contributed by atoms with Gasteiger partial charge in [0.05, 0.1) is 0 Å². The molecule has 2 aromatic rings. The van der Waals surface area contributed by atoms with Crippen molar-refractivity contribution < 1.29 is 27.6 Å². The Balaban J connectivity index is 0. The molecule has 2 nitrogen and oxygen atoms in total. The van der Waals surface area contributed by atoms with Crippen molar-refractivity contribution in [3.05, 3.63) is 60.7 Å². The van der Waals surface area contributed by atoms with Crippen LogP contribution in [0, 0.1) is 0 Å². The monoisotopic (exact) mass is 219 g/mol. The van der Waals surface area contributed by atoms with E-state index < -0.39 is 0 Å². The van der Waals surface area contributed by atoms with Gasteiger partial charge in [-0.3, -0.25) is 0 Å². The quantitative estimate of drug-likeness (QED) is 0.316. The molecule has 0 spiro atoms. The molecule has 13 heavy (non-hydrogen) atoms. The minimum absolute atomic E-state index is 0. The van der Waals surface area contributed by atoms with Crippen molar-refractivity contribution in [2.45, 2.75) is 0 Å². The van der Waals surface area contributed by atoms with Crippen LogP contribution in [0.4, 0.5) is 0 Å². The fourth-order valence-electron chi connectivity index (χ4n) is 0.642. The van der Waals surface area contributed by atoms with E-state index in [0.29, 0.717) is 0 Å². The van der Waals surface area contributed by atoms with Gasteiger partial charge in [0.1, 0.15) is 0 Å². The van der Waals surface area contributed by atoms with E-state index >= 15 is 0 Å². The Bertz CT molecular complexity index is 152. The van der Waals surface area contributed by atoms with Gasteiger partial charge in [-0.25, -0.2) is 24.3 Å². The number of hydrogen-bond acceptors (Lipinski definition) is 2. The molecule has 0 saturated heterocycles. The van der Waals surface area contributed by atoms with Crippen LogP contribution >= 0.6 is 0 Å². The van der Waals surface area contributed by atoms with Crippen LogP contribution in [0.15, 0.2) is 60.7 Å². The Morgan fingerprint density at radius 2 is 0.923 bits per heavy atom. The Hall–Kier alpha value is -0.861. The van der Waals surface area contributed by atoms with Gasteiger partial charge in [0.2, 0.25) is 0 Å². The molecule has 0 saturated carbocycles. The van der Waals surface area contributed by atoms with E-state index in [1.54, 1.807) is 0 Å². The van der Waals surface area contributed by atoms with Crippen molar-refractivity contribution in [3.63, 3.8) is 0 Å². The zero-order valence-electron chi connectivity index (χ0n) is 6.98. The molecule has 2 rings (SSSR count). The van der Waals surface area contributed by atoms with E-state index in [-0.39, 0.29) is 17.1 Å². The molecule has 0 aliphatic carbocycles. The van der Waals surface area contributed by atoms with Gasteiger partial charge in [-0.2, -0.15) is 36.4 Å². The number of rotatable bonds is 0. The van der Waals surface area contributed by atoms with Gasteiger partial charge >= 0.3 is 17.1 Å². The minimum Gasteiger partial charge on any atom is -0.727 e. The summed E-state index contributed by atoms with van der Waals surface area (Å²) in [7, 11) is 0. The summed E-state index contributed by atoms with van der Waals surface area (Å²) in [5.41, 5.74) is 0. The molecule has 1 N–H and O–H groups in total. The Labute approximate surface area is 88.6 Å². The van der Waals surface area contributed by atoms with Crippen LogP contribution in [0.3, 0.4) is 0 Å². The smallest absolute Gasteiger partial charge is 0.727 e. The standard InChI is InChI=1S/2C5H5.Fe.H2O2/c2*1-2-4-5-3-1;;1-2/h2*1-5H;;1-2H/q2*-1;+2;/p-1. The molecule has 0 bridgehead atoms. The predicted octanol–water partition coefficient (Wildman–Crippen LogP) is 1.63. The molecule has 0 aliphatic rings. The summed E-state index contributed by atoms with van der Waals surface area (Å²) in [6.45, 7) is 0. The molecule has 72 valence electrons. The molecule has 0 aliphatic heterocycles. The first kappa shape index (κ1) is 14.7. The summed E-state index contributed by atoms with van der Waals surface area (Å²) >= 11 is 0. The summed E-state index contributed by atoms with van der Waals surface area (Å²) in [5, 5.41) is 13.0. The molecular formula is C10H11FeO2-. The Morgan fingerprint density at radius 1 is 0.692 bits per heavy atom. The third-order valence-corrected chi connectivity index (χ3v) is 1.11. The first-order valence-corrected chi connectivity index (χ1v) is 3.52. The van der Waals surface area contributed by atoms with Crippen LogP contribution in [0.25, 0.3) is 0 Å². The van der Waals surface area contributed by atoms with E-state index in [1.165, 1.54) is 0 Å². The van der Waals surface area contributed by atoms with Gasteiger partial charge in [0.25, 0.3) is 0 Å². The molecule has 0 unspecified atom stereocenters. The fourth-order valence-corrected chi connectivity index (χ4v) is 0.642. The van der Waals surface area contributed by atoms with Crippen LogP contribution in [0.5, 0.6) is 0 Å². The van der Waals surface area contributed by atoms with E-state index in [9.17, 15) is 0 Å². The average Bonchev–Trinajstić information content (AvgIpc) is 2.87. The maximum Gasteiger partial charge on any atom is 2.00 e. The third-order valence-electron chi connectivity index (χ3n) is 1.11. The van der Waals surface area contributed by atoms with Gasteiger partial charge in [-0.05, 0) is 0 Å².